The second-order valence-corrected chi connectivity index (χ2v) is 10.6. The van der Waals surface area contributed by atoms with Crippen LogP contribution in [-0.4, -0.2) is 44.8 Å². The Morgan fingerprint density at radius 2 is 1.67 bits per heavy atom. The molecule has 180 valence electrons. The Balaban J connectivity index is 0.00000385. The molecule has 0 aliphatic rings. The minimum absolute atomic E-state index is 0. The molecule has 0 unspecified atom stereocenters. The van der Waals surface area contributed by atoms with Crippen LogP contribution in [0.2, 0.25) is 0 Å². The van der Waals surface area contributed by atoms with Crippen molar-refractivity contribution in [2.45, 2.75) is 31.8 Å². The van der Waals surface area contributed by atoms with Crippen LogP contribution in [0.5, 0.6) is 11.5 Å². The van der Waals surface area contributed by atoms with E-state index in [1.165, 1.54) is 5.56 Å². The van der Waals surface area contributed by atoms with E-state index >= 15 is 0 Å². The predicted octanol–water partition coefficient (Wildman–Crippen LogP) is 5.70. The van der Waals surface area contributed by atoms with Gasteiger partial charge in [-0.3, -0.25) is 4.90 Å². The van der Waals surface area contributed by atoms with Crippen LogP contribution in [0, 0.1) is 0 Å². The van der Waals surface area contributed by atoms with Crippen LogP contribution in [0.15, 0.2) is 57.9 Å². The van der Waals surface area contributed by atoms with E-state index in [9.17, 15) is 8.42 Å². The highest BCUT2D eigenvalue weighted by molar-refractivity contribution is 9.10. The molecular formula is C24H30BrClN2O4S. The molecule has 3 aromatic rings. The molecule has 2 aromatic carbocycles. The van der Waals surface area contributed by atoms with Crippen LogP contribution in [-0.2, 0) is 22.9 Å². The Kier molecular flexibility index (Phi) is 9.84. The first-order valence-electron chi connectivity index (χ1n) is 10.4. The first kappa shape index (κ1) is 27.2. The fraction of sp³-hybridized carbons (Fsp3) is 0.333. The lowest BCUT2D eigenvalue weighted by Gasteiger charge is -2.20. The third kappa shape index (κ3) is 6.53. The van der Waals surface area contributed by atoms with Crippen LogP contribution in [0.4, 0.5) is 0 Å². The second-order valence-electron chi connectivity index (χ2n) is 7.44. The van der Waals surface area contributed by atoms with Crippen molar-refractivity contribution in [3.8, 4) is 22.8 Å². The molecule has 0 saturated heterocycles. The number of nitrogens with zero attached hydrogens (tertiary/aromatic N) is 1. The van der Waals surface area contributed by atoms with Gasteiger partial charge in [0.2, 0.25) is 0 Å². The van der Waals surface area contributed by atoms with E-state index in [0.717, 1.165) is 36.8 Å². The number of aromatic nitrogens is 1. The van der Waals surface area contributed by atoms with Gasteiger partial charge in [-0.2, -0.15) is 0 Å². The molecule has 1 heterocycles. The number of methoxy groups -OCH3 is 2. The Labute approximate surface area is 210 Å². The molecule has 0 radical (unpaired) electrons. The number of halogens is 2. The van der Waals surface area contributed by atoms with Gasteiger partial charge in [0, 0.05) is 30.0 Å². The molecule has 0 aliphatic heterocycles. The average Bonchev–Trinajstić information content (AvgIpc) is 3.26. The van der Waals surface area contributed by atoms with E-state index in [1.807, 2.05) is 24.3 Å². The molecule has 1 aromatic heterocycles. The summed E-state index contributed by atoms with van der Waals surface area (Å²) in [4.78, 5) is 6.03. The summed E-state index contributed by atoms with van der Waals surface area (Å²) in [5.74, 6) is 1.48. The van der Waals surface area contributed by atoms with Crippen molar-refractivity contribution in [1.29, 1.82) is 0 Å². The zero-order valence-electron chi connectivity index (χ0n) is 19.2. The van der Waals surface area contributed by atoms with Crippen molar-refractivity contribution in [3.63, 3.8) is 0 Å². The van der Waals surface area contributed by atoms with Crippen LogP contribution >= 0.6 is 28.3 Å². The summed E-state index contributed by atoms with van der Waals surface area (Å²) in [7, 11) is -0.106. The minimum Gasteiger partial charge on any atom is -0.497 e. The zero-order valence-corrected chi connectivity index (χ0v) is 22.4. The van der Waals surface area contributed by atoms with E-state index in [4.69, 9.17) is 9.47 Å². The topological polar surface area (TPSA) is 71.6 Å². The first-order valence-corrected chi connectivity index (χ1v) is 12.9. The fourth-order valence-corrected chi connectivity index (χ4v) is 5.22. The summed E-state index contributed by atoms with van der Waals surface area (Å²) in [5, 5.41) is 0. The van der Waals surface area contributed by atoms with Crippen LogP contribution < -0.4 is 9.47 Å². The van der Waals surface area contributed by atoms with E-state index in [0.29, 0.717) is 15.8 Å². The van der Waals surface area contributed by atoms with Crippen molar-refractivity contribution in [3.05, 3.63) is 64.3 Å². The van der Waals surface area contributed by atoms with Gasteiger partial charge in [0.05, 0.1) is 29.3 Å². The summed E-state index contributed by atoms with van der Waals surface area (Å²) >= 11 is 3.46. The van der Waals surface area contributed by atoms with Crippen LogP contribution in [0.3, 0.4) is 0 Å². The normalized spacial score (nSPS) is 11.3. The van der Waals surface area contributed by atoms with Gasteiger partial charge >= 0.3 is 0 Å². The van der Waals surface area contributed by atoms with Gasteiger partial charge < -0.3 is 14.5 Å². The Morgan fingerprint density at radius 1 is 0.970 bits per heavy atom. The smallest absolute Gasteiger partial charge is 0.178 e. The molecule has 1 N–H and O–H groups in total. The fourth-order valence-electron chi connectivity index (χ4n) is 3.52. The molecular weight excluding hydrogens is 528 g/mol. The second kappa shape index (κ2) is 11.9. The van der Waals surface area contributed by atoms with Crippen LogP contribution in [0.25, 0.3) is 11.3 Å². The zero-order chi connectivity index (χ0) is 23.3. The third-order valence-corrected chi connectivity index (χ3v) is 7.71. The number of ether oxygens (including phenoxy) is 2. The lowest BCUT2D eigenvalue weighted by Crippen LogP contribution is -2.22. The molecule has 0 saturated carbocycles. The molecule has 0 bridgehead atoms. The number of aromatic amines is 1. The molecule has 0 amide bonds. The molecule has 0 atom stereocenters. The lowest BCUT2D eigenvalue weighted by atomic mass is 10.1. The standard InChI is InChI=1S/C24H29BrN2O4S.ClH/c1-5-27(15-17-7-10-19(30-3)11-8-17)16-18-9-12-23(26-18)21-13-20(32(28,29)6-2)14-22(25)24(21)31-4;/h7-14,26H,5-6,15-16H2,1-4H3;1H. The molecule has 3 rings (SSSR count). The Morgan fingerprint density at radius 3 is 2.24 bits per heavy atom. The number of H-pyrrole nitrogens is 1. The molecule has 9 heteroatoms. The van der Waals surface area contributed by atoms with E-state index in [1.54, 1.807) is 33.3 Å². The van der Waals surface area contributed by atoms with Gasteiger partial charge in [-0.1, -0.05) is 26.0 Å². The number of sulfone groups is 1. The van der Waals surface area contributed by atoms with Gasteiger partial charge in [0.25, 0.3) is 0 Å². The van der Waals surface area contributed by atoms with E-state index < -0.39 is 9.84 Å². The Bertz CT molecular complexity index is 1160. The van der Waals surface area contributed by atoms with Gasteiger partial charge in [-0.05, 0) is 64.4 Å². The predicted molar refractivity (Wildman–Crippen MR) is 138 cm³/mol. The SMILES string of the molecule is CCN(Cc1ccc(OC)cc1)Cc1ccc(-c2cc(S(=O)(=O)CC)cc(Br)c2OC)[nH]1.Cl. The summed E-state index contributed by atoms with van der Waals surface area (Å²) in [5.41, 5.74) is 3.77. The highest BCUT2D eigenvalue weighted by Crippen LogP contribution is 2.38. The molecule has 0 fully saturated rings. The summed E-state index contributed by atoms with van der Waals surface area (Å²) in [6, 6.07) is 15.3. The van der Waals surface area contributed by atoms with E-state index in [2.05, 4.69) is 44.9 Å². The number of hydrogen-bond donors (Lipinski definition) is 1. The van der Waals surface area contributed by atoms with Crippen molar-refractivity contribution in [1.82, 2.24) is 9.88 Å². The summed E-state index contributed by atoms with van der Waals surface area (Å²) in [6.07, 6.45) is 0. The maximum absolute atomic E-state index is 12.5. The third-order valence-electron chi connectivity index (χ3n) is 5.40. The lowest BCUT2D eigenvalue weighted by molar-refractivity contribution is 0.268. The van der Waals surface area contributed by atoms with Gasteiger partial charge in [-0.15, -0.1) is 12.4 Å². The van der Waals surface area contributed by atoms with Crippen molar-refractivity contribution >= 4 is 38.2 Å². The maximum Gasteiger partial charge on any atom is 0.178 e. The highest BCUT2D eigenvalue weighted by atomic mass is 79.9. The molecule has 0 aliphatic carbocycles. The van der Waals surface area contributed by atoms with Gasteiger partial charge in [-0.25, -0.2) is 8.42 Å². The van der Waals surface area contributed by atoms with Crippen molar-refractivity contribution in [2.24, 2.45) is 0 Å². The van der Waals surface area contributed by atoms with Gasteiger partial charge in [0.15, 0.2) is 9.84 Å². The monoisotopic (exact) mass is 556 g/mol. The average molecular weight is 558 g/mol. The van der Waals surface area contributed by atoms with Crippen molar-refractivity contribution < 1.29 is 17.9 Å². The maximum atomic E-state index is 12.5. The number of rotatable bonds is 10. The summed E-state index contributed by atoms with van der Waals surface area (Å²) in [6.45, 7) is 6.21. The number of nitrogens with one attached hydrogen (secondary N) is 1. The first-order chi connectivity index (χ1) is 15.3. The largest absolute Gasteiger partial charge is 0.497 e. The number of benzene rings is 2. The summed E-state index contributed by atoms with van der Waals surface area (Å²) < 4.78 is 36.3. The van der Waals surface area contributed by atoms with Crippen molar-refractivity contribution in [2.75, 3.05) is 26.5 Å². The molecule has 6 nitrogen and oxygen atoms in total. The Hall–Kier alpha value is -2.00. The van der Waals surface area contributed by atoms with Gasteiger partial charge in [0.1, 0.15) is 11.5 Å². The molecule has 0 spiro atoms. The highest BCUT2D eigenvalue weighted by Gasteiger charge is 2.20. The van der Waals surface area contributed by atoms with Crippen LogP contribution in [0.1, 0.15) is 25.1 Å². The quantitative estimate of drug-likeness (QED) is 0.346. The minimum atomic E-state index is -3.35. The van der Waals surface area contributed by atoms with E-state index in [-0.39, 0.29) is 23.1 Å². The molecule has 33 heavy (non-hydrogen) atoms. The number of hydrogen-bond acceptors (Lipinski definition) is 5.